The van der Waals surface area contributed by atoms with E-state index in [1.165, 1.54) is 0 Å². The van der Waals surface area contributed by atoms with Gasteiger partial charge in [0.2, 0.25) is 0 Å². The lowest BCUT2D eigenvalue weighted by Gasteiger charge is -2.30. The molecule has 7 rings (SSSR count). The van der Waals surface area contributed by atoms with Crippen LogP contribution in [0.3, 0.4) is 0 Å². The van der Waals surface area contributed by atoms with Crippen LogP contribution < -0.4 is 4.90 Å². The fraction of sp³-hybridized carbons (Fsp3) is 0. The smallest absolute Gasteiger partial charge is 0.335 e. The minimum absolute atomic E-state index is 0.235. The standard InChI is InChI=1S/C37H26N4O2S/c38-35-33(40(25-10-3-1-4-11-25)26-12-5-2-6-13-26)23-22-29(36(35)39-44)28-15-9-17-32-34(28)30-14-7-8-16-31(30)41(32)27-20-18-24(19-21-27)37(42)43/h1-23,38,44H,(H,42,43). The van der Waals surface area contributed by atoms with Gasteiger partial charge in [0.1, 0.15) is 11.4 Å². The fourth-order valence-electron chi connectivity index (χ4n) is 5.94. The summed E-state index contributed by atoms with van der Waals surface area (Å²) < 4.78 is 6.51. The highest BCUT2D eigenvalue weighted by Crippen LogP contribution is 2.40. The Morgan fingerprint density at radius 2 is 1.34 bits per heavy atom. The molecular weight excluding hydrogens is 565 g/mol. The van der Waals surface area contributed by atoms with Crippen molar-refractivity contribution in [3.8, 4) is 5.69 Å². The molecule has 6 aromatic rings. The van der Waals surface area contributed by atoms with Crippen LogP contribution in [-0.2, 0) is 0 Å². The van der Waals surface area contributed by atoms with Crippen LogP contribution in [0.15, 0.2) is 150 Å². The van der Waals surface area contributed by atoms with Crippen molar-refractivity contribution in [1.29, 1.82) is 5.41 Å². The Balaban J connectivity index is 1.44. The number of rotatable bonds is 6. The predicted molar refractivity (Wildman–Crippen MR) is 183 cm³/mol. The Morgan fingerprint density at radius 1 is 0.727 bits per heavy atom. The summed E-state index contributed by atoms with van der Waals surface area (Å²) in [5, 5.41) is 20.9. The number of aromatic carboxylic acids is 1. The number of hydrogen-bond acceptors (Lipinski definition) is 5. The lowest BCUT2D eigenvalue weighted by molar-refractivity contribution is 0.0697. The molecule has 1 aliphatic carbocycles. The molecule has 7 heteroatoms. The second-order valence-electron chi connectivity index (χ2n) is 10.4. The number of nitrogens with zero attached hydrogens (tertiary/aromatic N) is 3. The zero-order chi connectivity index (χ0) is 30.2. The lowest BCUT2D eigenvalue weighted by Crippen LogP contribution is -2.30. The van der Waals surface area contributed by atoms with Crippen LogP contribution in [0.2, 0.25) is 0 Å². The number of carboxylic acid groups (broad SMARTS) is 1. The minimum Gasteiger partial charge on any atom is -0.478 e. The molecule has 0 amide bonds. The number of hydrogen-bond donors (Lipinski definition) is 3. The summed E-state index contributed by atoms with van der Waals surface area (Å²) in [4.78, 5) is 13.6. The Labute approximate surface area is 259 Å². The van der Waals surface area contributed by atoms with Crippen LogP contribution in [0.4, 0.5) is 11.4 Å². The molecule has 0 radical (unpaired) electrons. The van der Waals surface area contributed by atoms with Crippen LogP contribution in [0.25, 0.3) is 33.1 Å². The van der Waals surface area contributed by atoms with E-state index in [1.54, 1.807) is 12.1 Å². The summed E-state index contributed by atoms with van der Waals surface area (Å²) in [7, 11) is 0. The minimum atomic E-state index is -0.961. The number of carbonyl (C=O) groups is 1. The number of para-hydroxylation sites is 3. The van der Waals surface area contributed by atoms with Gasteiger partial charge in [-0.3, -0.25) is 5.41 Å². The van der Waals surface area contributed by atoms with Gasteiger partial charge in [-0.25, -0.2) is 9.19 Å². The van der Waals surface area contributed by atoms with Gasteiger partial charge in [-0.1, -0.05) is 66.7 Å². The Bertz CT molecular complexity index is 2120. The molecule has 212 valence electrons. The number of anilines is 2. The van der Waals surface area contributed by atoms with E-state index in [2.05, 4.69) is 50.9 Å². The number of thiol groups is 1. The number of fused-ring (bicyclic) bond motifs is 3. The van der Waals surface area contributed by atoms with Crippen molar-refractivity contribution in [2.45, 2.75) is 0 Å². The van der Waals surface area contributed by atoms with E-state index in [0.717, 1.165) is 50.0 Å². The van der Waals surface area contributed by atoms with Crippen LogP contribution in [-0.4, -0.2) is 27.1 Å². The summed E-state index contributed by atoms with van der Waals surface area (Å²) in [6.07, 6.45) is 3.99. The van der Waals surface area contributed by atoms with Gasteiger partial charge in [-0.05, 0) is 91.2 Å². The van der Waals surface area contributed by atoms with E-state index in [4.69, 9.17) is 0 Å². The third-order valence-corrected chi connectivity index (χ3v) is 8.09. The largest absolute Gasteiger partial charge is 0.478 e. The maximum atomic E-state index is 11.5. The second-order valence-corrected chi connectivity index (χ2v) is 10.6. The van der Waals surface area contributed by atoms with Crippen molar-refractivity contribution in [1.82, 2.24) is 4.57 Å². The zero-order valence-corrected chi connectivity index (χ0v) is 24.3. The highest BCUT2D eigenvalue weighted by molar-refractivity contribution is 7.79. The second kappa shape index (κ2) is 11.2. The first-order valence-electron chi connectivity index (χ1n) is 14.1. The lowest BCUT2D eigenvalue weighted by atomic mass is 9.89. The molecule has 0 saturated heterocycles. The summed E-state index contributed by atoms with van der Waals surface area (Å²) >= 11 is 4.38. The predicted octanol–water partition coefficient (Wildman–Crippen LogP) is 8.91. The molecule has 0 bridgehead atoms. The Hall–Kier alpha value is -5.66. The first kappa shape index (κ1) is 27.2. The van der Waals surface area contributed by atoms with Crippen molar-refractivity contribution >= 4 is 69.0 Å². The summed E-state index contributed by atoms with van der Waals surface area (Å²) in [5.74, 6) is -0.961. The SMILES string of the molecule is N=C1C(N(c2ccccc2)c2ccccc2)=CC=C(c2cccc3c2c2ccccc2n3-c2ccc(C(=O)O)cc2)C1=NS. The van der Waals surface area contributed by atoms with E-state index >= 15 is 0 Å². The molecule has 0 spiro atoms. The molecule has 0 fully saturated rings. The van der Waals surface area contributed by atoms with Gasteiger partial charge in [0.05, 0.1) is 22.3 Å². The molecule has 0 saturated carbocycles. The van der Waals surface area contributed by atoms with E-state index in [0.29, 0.717) is 11.4 Å². The highest BCUT2D eigenvalue weighted by atomic mass is 32.1. The van der Waals surface area contributed by atoms with E-state index in [-0.39, 0.29) is 11.3 Å². The number of benzene rings is 5. The van der Waals surface area contributed by atoms with Gasteiger partial charge in [-0.2, -0.15) is 0 Å². The normalized spacial score (nSPS) is 14.1. The number of allylic oxidation sites excluding steroid dienone is 4. The van der Waals surface area contributed by atoms with E-state index < -0.39 is 5.97 Å². The Kier molecular flexibility index (Phi) is 6.92. The van der Waals surface area contributed by atoms with E-state index in [1.807, 2.05) is 103 Å². The molecule has 2 N–H and O–H groups in total. The quantitative estimate of drug-likeness (QED) is 0.134. The maximum Gasteiger partial charge on any atom is 0.335 e. The molecule has 0 unspecified atom stereocenters. The first-order chi connectivity index (χ1) is 21.6. The average molecular weight is 591 g/mol. The summed E-state index contributed by atoms with van der Waals surface area (Å²) in [6, 6.07) is 41.2. The van der Waals surface area contributed by atoms with Gasteiger partial charge in [0, 0.05) is 33.4 Å². The molecule has 1 aromatic heterocycles. The monoisotopic (exact) mass is 590 g/mol. The first-order valence-corrected chi connectivity index (χ1v) is 14.5. The highest BCUT2D eigenvalue weighted by Gasteiger charge is 2.28. The van der Waals surface area contributed by atoms with Crippen LogP contribution >= 0.6 is 12.8 Å². The van der Waals surface area contributed by atoms with Crippen LogP contribution in [0.1, 0.15) is 15.9 Å². The van der Waals surface area contributed by atoms with Gasteiger partial charge >= 0.3 is 5.97 Å². The van der Waals surface area contributed by atoms with Gasteiger partial charge in [0.15, 0.2) is 0 Å². The molecule has 6 nitrogen and oxygen atoms in total. The zero-order valence-electron chi connectivity index (χ0n) is 23.4. The summed E-state index contributed by atoms with van der Waals surface area (Å²) in [6.45, 7) is 0. The van der Waals surface area contributed by atoms with Crippen LogP contribution in [0, 0.1) is 5.41 Å². The number of carboxylic acids is 1. The number of nitrogens with one attached hydrogen (secondary N) is 1. The van der Waals surface area contributed by atoms with E-state index in [9.17, 15) is 15.3 Å². The topological polar surface area (TPSA) is 81.7 Å². The number of aromatic nitrogens is 1. The third-order valence-electron chi connectivity index (χ3n) is 7.89. The molecule has 1 heterocycles. The van der Waals surface area contributed by atoms with Crippen molar-refractivity contribution in [2.24, 2.45) is 4.40 Å². The average Bonchev–Trinajstić information content (AvgIpc) is 3.41. The third kappa shape index (κ3) is 4.51. The molecule has 5 aromatic carbocycles. The van der Waals surface area contributed by atoms with Gasteiger partial charge in [-0.15, -0.1) is 0 Å². The molecular formula is C37H26N4O2S. The fourth-order valence-corrected chi connectivity index (χ4v) is 6.15. The molecule has 1 aliphatic rings. The van der Waals surface area contributed by atoms with Gasteiger partial charge < -0.3 is 14.6 Å². The Morgan fingerprint density at radius 3 is 1.98 bits per heavy atom. The maximum absolute atomic E-state index is 11.5. The van der Waals surface area contributed by atoms with Crippen molar-refractivity contribution in [3.63, 3.8) is 0 Å². The molecule has 44 heavy (non-hydrogen) atoms. The van der Waals surface area contributed by atoms with Crippen molar-refractivity contribution in [2.75, 3.05) is 4.90 Å². The summed E-state index contributed by atoms with van der Waals surface area (Å²) in [5.41, 5.74) is 8.05. The molecule has 0 atom stereocenters. The molecule has 0 aliphatic heterocycles. The van der Waals surface area contributed by atoms with Crippen molar-refractivity contribution in [3.05, 3.63) is 156 Å². The van der Waals surface area contributed by atoms with Crippen LogP contribution in [0.5, 0.6) is 0 Å². The van der Waals surface area contributed by atoms with Crippen molar-refractivity contribution < 1.29 is 9.90 Å². The van der Waals surface area contributed by atoms with Gasteiger partial charge in [0.25, 0.3) is 0 Å².